The van der Waals surface area contributed by atoms with Crippen LogP contribution in [0.5, 0.6) is 0 Å². The van der Waals surface area contributed by atoms with Crippen LogP contribution >= 0.6 is 11.8 Å². The fourth-order valence-electron chi connectivity index (χ4n) is 3.47. The first-order chi connectivity index (χ1) is 8.90. The second kappa shape index (κ2) is 5.35. The number of fused-ring (bicyclic) bond motifs is 2. The number of carbonyl (C=O) groups excluding carboxylic acids is 1. The normalized spacial score (nSPS) is 30.8. The van der Waals surface area contributed by atoms with Crippen LogP contribution in [0.2, 0.25) is 0 Å². The molecular formula is C15H19NOS. The van der Waals surface area contributed by atoms with Crippen molar-refractivity contribution < 1.29 is 4.79 Å². The molecule has 2 aliphatic rings. The zero-order chi connectivity index (χ0) is 12.4. The van der Waals surface area contributed by atoms with Gasteiger partial charge in [0.15, 0.2) is 0 Å². The molecule has 1 aromatic carbocycles. The molecule has 1 N–H and O–H groups in total. The minimum atomic E-state index is 0.221. The number of carbonyl (C=O) groups is 1. The van der Waals surface area contributed by atoms with Gasteiger partial charge in [0.25, 0.3) is 0 Å². The predicted octanol–water partition coefficient (Wildman–Crippen LogP) is 3.39. The summed E-state index contributed by atoms with van der Waals surface area (Å²) in [7, 11) is 0. The second-order valence-corrected chi connectivity index (χ2v) is 6.38. The molecule has 1 heterocycles. The minimum absolute atomic E-state index is 0.221. The van der Waals surface area contributed by atoms with E-state index in [1.54, 1.807) is 0 Å². The van der Waals surface area contributed by atoms with Gasteiger partial charge in [-0.1, -0.05) is 31.0 Å². The van der Waals surface area contributed by atoms with Gasteiger partial charge in [0, 0.05) is 10.6 Å². The molecular weight excluding hydrogens is 242 g/mol. The van der Waals surface area contributed by atoms with Crippen molar-refractivity contribution in [3.05, 3.63) is 29.8 Å². The summed E-state index contributed by atoms with van der Waals surface area (Å²) in [4.78, 5) is 12.3. The fourth-order valence-corrected chi connectivity index (χ4v) is 4.81. The van der Waals surface area contributed by atoms with Gasteiger partial charge < -0.3 is 5.32 Å². The van der Waals surface area contributed by atoms with Gasteiger partial charge in [0.2, 0.25) is 6.41 Å². The maximum absolute atomic E-state index is 11.0. The van der Waals surface area contributed by atoms with Gasteiger partial charge in [-0.25, -0.2) is 0 Å². The summed E-state index contributed by atoms with van der Waals surface area (Å²) in [5.41, 5.74) is 1.32. The van der Waals surface area contributed by atoms with Gasteiger partial charge in [-0.15, -0.1) is 11.8 Å². The monoisotopic (exact) mass is 261 g/mol. The molecule has 0 unspecified atom stereocenters. The summed E-state index contributed by atoms with van der Waals surface area (Å²) in [5, 5.41) is 3.09. The highest BCUT2D eigenvalue weighted by molar-refractivity contribution is 7.99. The molecule has 96 valence electrons. The lowest BCUT2D eigenvalue weighted by molar-refractivity contribution is -0.110. The van der Waals surface area contributed by atoms with Crippen LogP contribution in [0.3, 0.4) is 0 Å². The van der Waals surface area contributed by atoms with Crippen molar-refractivity contribution in [3.8, 4) is 0 Å². The van der Waals surface area contributed by atoms with Gasteiger partial charge in [-0.3, -0.25) is 4.79 Å². The Kier molecular flexibility index (Phi) is 3.59. The van der Waals surface area contributed by atoms with Crippen molar-refractivity contribution in [1.82, 2.24) is 5.32 Å². The van der Waals surface area contributed by atoms with Gasteiger partial charge in [0.1, 0.15) is 0 Å². The third-order valence-electron chi connectivity index (χ3n) is 4.35. The van der Waals surface area contributed by atoms with Gasteiger partial charge in [-0.2, -0.15) is 0 Å². The van der Waals surface area contributed by atoms with Crippen LogP contribution in [-0.4, -0.2) is 12.2 Å². The van der Waals surface area contributed by atoms with E-state index in [1.165, 1.54) is 41.9 Å². The number of hydrogen-bond donors (Lipinski definition) is 1. The van der Waals surface area contributed by atoms with E-state index in [9.17, 15) is 4.79 Å². The van der Waals surface area contributed by atoms with Crippen molar-refractivity contribution in [3.63, 3.8) is 0 Å². The van der Waals surface area contributed by atoms with Gasteiger partial charge >= 0.3 is 0 Å². The Morgan fingerprint density at radius 3 is 2.94 bits per heavy atom. The van der Waals surface area contributed by atoms with E-state index >= 15 is 0 Å². The molecule has 18 heavy (non-hydrogen) atoms. The molecule has 0 saturated heterocycles. The summed E-state index contributed by atoms with van der Waals surface area (Å²) < 4.78 is 0. The molecule has 0 aromatic heterocycles. The average molecular weight is 261 g/mol. The number of hydrogen-bond acceptors (Lipinski definition) is 2. The van der Waals surface area contributed by atoms with Crippen molar-refractivity contribution in [2.75, 3.05) is 5.75 Å². The molecule has 1 aliphatic heterocycles. The molecule has 2 nitrogen and oxygen atoms in total. The standard InChI is InChI=1S/C15H19NOS/c17-10-16-15-12-6-2-1-5-11(12)9-18-14-8-4-3-7-13(14)15/h3-4,7-8,10-12,15H,1-2,5-6,9H2,(H,16,17)/t11-,12-,15-/m0/s1. The van der Waals surface area contributed by atoms with Crippen molar-refractivity contribution in [2.45, 2.75) is 36.6 Å². The quantitative estimate of drug-likeness (QED) is 0.827. The Bertz CT molecular complexity index is 434. The number of amides is 1. The highest BCUT2D eigenvalue weighted by atomic mass is 32.2. The molecule has 1 aliphatic carbocycles. The summed E-state index contributed by atoms with van der Waals surface area (Å²) in [5.74, 6) is 2.59. The second-order valence-electron chi connectivity index (χ2n) is 5.32. The van der Waals surface area contributed by atoms with Crippen LogP contribution in [-0.2, 0) is 4.79 Å². The van der Waals surface area contributed by atoms with Crippen LogP contribution in [0.25, 0.3) is 0 Å². The molecule has 3 atom stereocenters. The zero-order valence-electron chi connectivity index (χ0n) is 10.5. The van der Waals surface area contributed by atoms with Gasteiger partial charge in [0.05, 0.1) is 6.04 Å². The Balaban J connectivity index is 1.98. The molecule has 1 amide bonds. The first-order valence-electron chi connectivity index (χ1n) is 6.81. The van der Waals surface area contributed by atoms with Gasteiger partial charge in [-0.05, 0) is 36.3 Å². The van der Waals surface area contributed by atoms with E-state index in [0.717, 1.165) is 12.3 Å². The molecule has 3 rings (SSSR count). The maximum atomic E-state index is 11.0. The highest BCUT2D eigenvalue weighted by Gasteiger charge is 2.35. The predicted molar refractivity (Wildman–Crippen MR) is 74.6 cm³/mol. The smallest absolute Gasteiger partial charge is 0.207 e. The van der Waals surface area contributed by atoms with E-state index in [2.05, 4.69) is 29.6 Å². The Morgan fingerprint density at radius 2 is 2.06 bits per heavy atom. The van der Waals surface area contributed by atoms with E-state index in [-0.39, 0.29) is 6.04 Å². The van der Waals surface area contributed by atoms with Crippen LogP contribution in [0.1, 0.15) is 37.3 Å². The summed E-state index contributed by atoms with van der Waals surface area (Å²) in [6.45, 7) is 0. The SMILES string of the molecule is O=CN[C@@H]1c2ccccc2SC[C@@H]2CCCC[C@@H]21. The lowest BCUT2D eigenvalue weighted by atomic mass is 9.74. The summed E-state index contributed by atoms with van der Waals surface area (Å²) >= 11 is 1.97. The van der Waals surface area contributed by atoms with Crippen molar-refractivity contribution in [1.29, 1.82) is 0 Å². The van der Waals surface area contributed by atoms with E-state index < -0.39 is 0 Å². The topological polar surface area (TPSA) is 29.1 Å². The van der Waals surface area contributed by atoms with E-state index in [1.807, 2.05) is 11.8 Å². The number of rotatable bonds is 2. The first kappa shape index (κ1) is 12.1. The lowest BCUT2D eigenvalue weighted by Gasteiger charge is -2.35. The largest absolute Gasteiger partial charge is 0.352 e. The van der Waals surface area contributed by atoms with Crippen LogP contribution in [0.4, 0.5) is 0 Å². The number of benzene rings is 1. The maximum Gasteiger partial charge on any atom is 0.207 e. The summed E-state index contributed by atoms with van der Waals surface area (Å²) in [6.07, 6.45) is 6.12. The third kappa shape index (κ3) is 2.16. The van der Waals surface area contributed by atoms with Crippen molar-refractivity contribution >= 4 is 18.2 Å². The molecule has 1 aromatic rings. The molecule has 1 fully saturated rings. The Hall–Kier alpha value is -0.960. The minimum Gasteiger partial charge on any atom is -0.352 e. The number of thioether (sulfide) groups is 1. The lowest BCUT2D eigenvalue weighted by Crippen LogP contribution is -2.33. The molecule has 0 spiro atoms. The fraction of sp³-hybridized carbons (Fsp3) is 0.533. The van der Waals surface area contributed by atoms with Crippen molar-refractivity contribution in [2.24, 2.45) is 11.8 Å². The van der Waals surface area contributed by atoms with E-state index in [0.29, 0.717) is 5.92 Å². The molecule has 0 radical (unpaired) electrons. The Morgan fingerprint density at radius 1 is 1.22 bits per heavy atom. The first-order valence-corrected chi connectivity index (χ1v) is 7.80. The average Bonchev–Trinajstić information content (AvgIpc) is 2.58. The van der Waals surface area contributed by atoms with Crippen LogP contribution in [0.15, 0.2) is 29.2 Å². The van der Waals surface area contributed by atoms with Crippen LogP contribution < -0.4 is 5.32 Å². The molecule has 3 heteroatoms. The third-order valence-corrected chi connectivity index (χ3v) is 5.63. The molecule has 1 saturated carbocycles. The summed E-state index contributed by atoms with van der Waals surface area (Å²) in [6, 6.07) is 8.77. The van der Waals surface area contributed by atoms with E-state index in [4.69, 9.17) is 0 Å². The molecule has 0 bridgehead atoms. The number of nitrogens with one attached hydrogen (secondary N) is 1. The van der Waals surface area contributed by atoms with Crippen LogP contribution in [0, 0.1) is 11.8 Å². The highest BCUT2D eigenvalue weighted by Crippen LogP contribution is 2.46. The Labute approximate surface area is 113 Å². The zero-order valence-corrected chi connectivity index (χ0v) is 11.3.